The zero-order chi connectivity index (χ0) is 30.2. The fourth-order valence-corrected chi connectivity index (χ4v) is 5.43. The smallest absolute Gasteiger partial charge is 0.326 e. The van der Waals surface area contributed by atoms with E-state index in [4.69, 9.17) is 4.74 Å². The van der Waals surface area contributed by atoms with Gasteiger partial charge < -0.3 is 25.0 Å². The summed E-state index contributed by atoms with van der Waals surface area (Å²) >= 11 is 0. The van der Waals surface area contributed by atoms with Crippen LogP contribution in [0.4, 0.5) is 16.2 Å². The molecule has 1 aliphatic carbocycles. The molecule has 2 aliphatic rings. The van der Waals surface area contributed by atoms with Gasteiger partial charge in [0.1, 0.15) is 11.5 Å². The van der Waals surface area contributed by atoms with Crippen molar-refractivity contribution in [3.05, 3.63) is 83.9 Å². The lowest BCUT2D eigenvalue weighted by Crippen LogP contribution is -2.48. The normalized spacial score (nSPS) is 14.4. The third-order valence-corrected chi connectivity index (χ3v) is 7.80. The molecule has 1 fully saturated rings. The number of guanidine groups is 1. The van der Waals surface area contributed by atoms with Crippen LogP contribution in [-0.4, -0.2) is 64.8 Å². The van der Waals surface area contributed by atoms with Gasteiger partial charge >= 0.3 is 6.03 Å². The number of hydrogen-bond donors (Lipinski definition) is 3. The maximum Gasteiger partial charge on any atom is 0.326 e. The Kier molecular flexibility index (Phi) is 9.56. The van der Waals surface area contributed by atoms with Crippen molar-refractivity contribution in [3.63, 3.8) is 0 Å². The average molecular weight is 584 g/mol. The summed E-state index contributed by atoms with van der Waals surface area (Å²) in [7, 11) is 1.90. The highest BCUT2D eigenvalue weighted by Gasteiger charge is 2.26. The summed E-state index contributed by atoms with van der Waals surface area (Å²) in [5, 5.41) is 15.7. The van der Waals surface area contributed by atoms with Crippen molar-refractivity contribution in [1.82, 2.24) is 15.1 Å². The van der Waals surface area contributed by atoms with Crippen molar-refractivity contribution in [2.75, 3.05) is 25.5 Å². The lowest BCUT2D eigenvalue weighted by Gasteiger charge is -2.30. The van der Waals surface area contributed by atoms with E-state index in [1.54, 1.807) is 41.3 Å². The summed E-state index contributed by atoms with van der Waals surface area (Å²) in [6.45, 7) is 0.554. The van der Waals surface area contributed by atoms with E-state index in [1.165, 1.54) is 18.9 Å². The third-order valence-electron chi connectivity index (χ3n) is 7.80. The second-order valence-electron chi connectivity index (χ2n) is 10.9. The van der Waals surface area contributed by atoms with Crippen LogP contribution >= 0.6 is 0 Å². The van der Waals surface area contributed by atoms with Crippen molar-refractivity contribution in [2.24, 2.45) is 4.99 Å². The Morgan fingerprint density at radius 2 is 1.74 bits per heavy atom. The number of urea groups is 1. The van der Waals surface area contributed by atoms with Crippen LogP contribution in [0.3, 0.4) is 0 Å². The van der Waals surface area contributed by atoms with Crippen LogP contribution in [0.15, 0.2) is 77.8 Å². The molecule has 3 aromatic carbocycles. The van der Waals surface area contributed by atoms with Gasteiger partial charge in [-0.05, 0) is 61.7 Å². The number of ketones is 1. The van der Waals surface area contributed by atoms with E-state index in [0.717, 1.165) is 18.4 Å². The molecule has 0 bridgehead atoms. The minimum atomic E-state index is -0.499. The van der Waals surface area contributed by atoms with E-state index < -0.39 is 6.03 Å². The quantitative estimate of drug-likeness (QED) is 0.215. The number of ether oxygens (including phenoxy) is 1. The number of para-hydroxylation sites is 2. The summed E-state index contributed by atoms with van der Waals surface area (Å²) in [4.78, 5) is 46.7. The molecular weight excluding hydrogens is 546 g/mol. The molecule has 0 radical (unpaired) electrons. The summed E-state index contributed by atoms with van der Waals surface area (Å²) in [6, 6.07) is 20.7. The number of Topliss-reactive ketones (excluding diaryl/α,β-unsaturated/α-hetero) is 1. The lowest BCUT2D eigenvalue weighted by molar-refractivity contribution is -0.132. The number of amides is 3. The molecule has 0 spiro atoms. The molecule has 3 aromatic rings. The van der Waals surface area contributed by atoms with Crippen LogP contribution in [0.5, 0.6) is 11.5 Å². The Bertz CT molecular complexity index is 1490. The van der Waals surface area contributed by atoms with Crippen LogP contribution < -0.4 is 15.4 Å². The maximum absolute atomic E-state index is 13.2. The second kappa shape index (κ2) is 13.9. The van der Waals surface area contributed by atoms with Gasteiger partial charge in [-0.1, -0.05) is 43.2 Å². The van der Waals surface area contributed by atoms with Gasteiger partial charge in [0.05, 0.1) is 24.4 Å². The van der Waals surface area contributed by atoms with Crippen molar-refractivity contribution in [2.45, 2.75) is 51.1 Å². The molecule has 3 N–H and O–H groups in total. The summed E-state index contributed by atoms with van der Waals surface area (Å²) < 4.78 is 5.97. The highest BCUT2D eigenvalue weighted by molar-refractivity contribution is 6.06. The second-order valence-corrected chi connectivity index (χ2v) is 10.9. The number of carbonyl (C=O) groups is 3. The number of phenolic OH excluding ortho intramolecular Hbond substituents is 1. The van der Waals surface area contributed by atoms with Crippen molar-refractivity contribution < 1.29 is 24.2 Å². The number of aliphatic imine (C=N–C) groups is 1. The summed E-state index contributed by atoms with van der Waals surface area (Å²) in [5.41, 5.74) is 2.25. The van der Waals surface area contributed by atoms with Gasteiger partial charge in [-0.15, -0.1) is 0 Å². The zero-order valence-corrected chi connectivity index (χ0v) is 24.3. The van der Waals surface area contributed by atoms with Crippen LogP contribution in [0.1, 0.15) is 54.4 Å². The highest BCUT2D eigenvalue weighted by Crippen LogP contribution is 2.30. The molecule has 5 rings (SSSR count). The number of rotatable bonds is 10. The van der Waals surface area contributed by atoms with Gasteiger partial charge in [0.2, 0.25) is 11.9 Å². The molecule has 1 heterocycles. The molecular formula is C33H37N5O5. The Hall–Kier alpha value is -4.86. The van der Waals surface area contributed by atoms with Crippen molar-refractivity contribution >= 4 is 35.1 Å². The Morgan fingerprint density at radius 3 is 2.51 bits per heavy atom. The SMILES string of the molecule is CN(C(=O)CCCOc1ccc2c(c1)CN(CC(=O)c1ccccc1O)C(NC(=O)Nc1ccccc1)=N2)C1CCCC1. The first-order valence-corrected chi connectivity index (χ1v) is 14.7. The van der Waals surface area contributed by atoms with Gasteiger partial charge in [0.25, 0.3) is 0 Å². The largest absolute Gasteiger partial charge is 0.507 e. The topological polar surface area (TPSA) is 124 Å². The first-order chi connectivity index (χ1) is 20.9. The number of carbonyl (C=O) groups excluding carboxylic acids is 3. The standard InChI is InChI=1S/C33H37N5O5/c1-37(25-12-5-6-13-25)31(41)16-9-19-43-26-17-18-28-23(20-26)21-38(22-30(40)27-14-7-8-15-29(27)39)32(35-28)36-33(42)34-24-10-3-2-4-11-24/h2-4,7-8,10-11,14-15,17-18,20,25,39H,5-6,9,12-13,16,19,21-22H2,1H3,(H2,34,35,36,42). The number of nitrogens with one attached hydrogen (secondary N) is 2. The predicted octanol–water partition coefficient (Wildman–Crippen LogP) is 5.46. The van der Waals surface area contributed by atoms with Crippen LogP contribution in [0, 0.1) is 0 Å². The van der Waals surface area contributed by atoms with Gasteiger partial charge in [-0.2, -0.15) is 0 Å². The highest BCUT2D eigenvalue weighted by atomic mass is 16.5. The van der Waals surface area contributed by atoms with E-state index in [9.17, 15) is 19.5 Å². The fourth-order valence-electron chi connectivity index (χ4n) is 5.43. The van der Waals surface area contributed by atoms with Crippen molar-refractivity contribution in [1.29, 1.82) is 0 Å². The molecule has 224 valence electrons. The van der Waals surface area contributed by atoms with Gasteiger partial charge in [0.15, 0.2) is 5.78 Å². The van der Waals surface area contributed by atoms with E-state index in [-0.39, 0.29) is 42.1 Å². The average Bonchev–Trinajstić information content (AvgIpc) is 3.55. The summed E-state index contributed by atoms with van der Waals surface area (Å²) in [6.07, 6.45) is 5.58. The van der Waals surface area contributed by atoms with Crippen LogP contribution in [0.2, 0.25) is 0 Å². The molecule has 0 aromatic heterocycles. The van der Waals surface area contributed by atoms with Crippen molar-refractivity contribution in [3.8, 4) is 11.5 Å². The number of phenols is 1. The van der Waals surface area contributed by atoms with E-state index in [1.807, 2.05) is 42.3 Å². The number of fused-ring (bicyclic) bond motifs is 1. The number of nitrogens with zero attached hydrogens (tertiary/aromatic N) is 3. The first-order valence-electron chi connectivity index (χ1n) is 14.7. The molecule has 1 aliphatic heterocycles. The van der Waals surface area contributed by atoms with Crippen LogP contribution in [0.25, 0.3) is 0 Å². The summed E-state index contributed by atoms with van der Waals surface area (Å²) in [5.74, 6) is 0.566. The number of aromatic hydroxyl groups is 1. The Morgan fingerprint density at radius 1 is 1.00 bits per heavy atom. The third kappa shape index (κ3) is 7.71. The van der Waals surface area contributed by atoms with Gasteiger partial charge in [-0.25, -0.2) is 9.79 Å². The van der Waals surface area contributed by atoms with E-state index in [2.05, 4.69) is 15.6 Å². The predicted molar refractivity (Wildman–Crippen MR) is 165 cm³/mol. The number of benzene rings is 3. The number of hydrogen-bond acceptors (Lipinski definition) is 7. The Balaban J connectivity index is 1.25. The molecule has 3 amide bonds. The molecule has 0 saturated heterocycles. The number of anilines is 1. The fraction of sp³-hybridized carbons (Fsp3) is 0.333. The minimum Gasteiger partial charge on any atom is -0.507 e. The van der Waals surface area contributed by atoms with Crippen LogP contribution in [-0.2, 0) is 11.3 Å². The van der Waals surface area contributed by atoms with E-state index in [0.29, 0.717) is 42.6 Å². The van der Waals surface area contributed by atoms with E-state index >= 15 is 0 Å². The van der Waals surface area contributed by atoms with Gasteiger partial charge in [0, 0.05) is 37.3 Å². The molecule has 10 nitrogen and oxygen atoms in total. The first kappa shape index (κ1) is 29.6. The molecule has 0 unspecified atom stereocenters. The molecule has 0 atom stereocenters. The monoisotopic (exact) mass is 583 g/mol. The molecule has 1 saturated carbocycles. The van der Waals surface area contributed by atoms with Gasteiger partial charge in [-0.3, -0.25) is 14.9 Å². The molecule has 10 heteroatoms. The lowest BCUT2D eigenvalue weighted by atomic mass is 10.1. The molecule has 43 heavy (non-hydrogen) atoms. The minimum absolute atomic E-state index is 0.109. The zero-order valence-electron chi connectivity index (χ0n) is 24.3. The maximum atomic E-state index is 13.2. The Labute approximate surface area is 251 Å².